The SMILES string of the molecule is O=C(Cc1cc(Cl)c2c(c1)OCCCO2)NCCC(=O)N1CCCCCC1. The van der Waals surface area contributed by atoms with Gasteiger partial charge in [-0.1, -0.05) is 24.4 Å². The van der Waals surface area contributed by atoms with Crippen LogP contribution in [0, 0.1) is 0 Å². The van der Waals surface area contributed by atoms with E-state index in [0.717, 1.165) is 37.9 Å². The predicted octanol–water partition coefficient (Wildman–Crippen LogP) is 2.95. The third kappa shape index (κ3) is 5.76. The smallest absolute Gasteiger partial charge is 0.224 e. The van der Waals surface area contributed by atoms with Gasteiger partial charge in [0.05, 0.1) is 24.7 Å². The highest BCUT2D eigenvalue weighted by Crippen LogP contribution is 2.38. The van der Waals surface area contributed by atoms with Crippen LogP contribution in [0.4, 0.5) is 0 Å². The Labute approximate surface area is 165 Å². The molecule has 0 aliphatic carbocycles. The minimum absolute atomic E-state index is 0.121. The summed E-state index contributed by atoms with van der Waals surface area (Å²) in [5.74, 6) is 1.11. The summed E-state index contributed by atoms with van der Waals surface area (Å²) in [6.45, 7) is 3.16. The highest BCUT2D eigenvalue weighted by molar-refractivity contribution is 6.32. The molecule has 1 saturated heterocycles. The Balaban J connectivity index is 1.47. The number of amides is 2. The predicted molar refractivity (Wildman–Crippen MR) is 103 cm³/mol. The first-order chi connectivity index (χ1) is 13.1. The number of nitrogens with zero attached hydrogens (tertiary/aromatic N) is 1. The fourth-order valence-electron chi connectivity index (χ4n) is 3.42. The molecular weight excluding hydrogens is 368 g/mol. The van der Waals surface area contributed by atoms with Gasteiger partial charge in [0.25, 0.3) is 0 Å². The van der Waals surface area contributed by atoms with E-state index < -0.39 is 0 Å². The molecule has 0 unspecified atom stereocenters. The maximum atomic E-state index is 12.3. The number of fused-ring (bicyclic) bond motifs is 1. The molecule has 3 rings (SSSR count). The number of ether oxygens (including phenoxy) is 2. The molecule has 1 N–H and O–H groups in total. The molecule has 0 radical (unpaired) electrons. The monoisotopic (exact) mass is 394 g/mol. The number of carbonyl (C=O) groups is 2. The molecule has 0 bridgehead atoms. The van der Waals surface area contributed by atoms with Gasteiger partial charge in [-0.05, 0) is 30.5 Å². The Bertz CT molecular complexity index is 672. The molecular formula is C20H27ClN2O4. The topological polar surface area (TPSA) is 67.9 Å². The zero-order chi connectivity index (χ0) is 19.1. The molecule has 0 spiro atoms. The zero-order valence-corrected chi connectivity index (χ0v) is 16.4. The van der Waals surface area contributed by atoms with Crippen LogP contribution in [0.25, 0.3) is 0 Å². The molecule has 2 aliphatic rings. The summed E-state index contributed by atoms with van der Waals surface area (Å²) in [7, 11) is 0. The number of halogens is 1. The van der Waals surface area contributed by atoms with Gasteiger partial charge >= 0.3 is 0 Å². The van der Waals surface area contributed by atoms with Crippen molar-refractivity contribution in [1.82, 2.24) is 10.2 Å². The first-order valence-corrected chi connectivity index (χ1v) is 10.1. The number of hydrogen-bond donors (Lipinski definition) is 1. The van der Waals surface area contributed by atoms with Crippen molar-refractivity contribution in [3.63, 3.8) is 0 Å². The van der Waals surface area contributed by atoms with E-state index in [1.807, 2.05) is 4.90 Å². The van der Waals surface area contributed by atoms with Crippen LogP contribution in [0.5, 0.6) is 11.5 Å². The molecule has 1 aromatic rings. The molecule has 1 fully saturated rings. The number of nitrogens with one attached hydrogen (secondary N) is 1. The lowest BCUT2D eigenvalue weighted by atomic mass is 10.1. The van der Waals surface area contributed by atoms with Gasteiger partial charge in [-0.3, -0.25) is 9.59 Å². The van der Waals surface area contributed by atoms with Crippen molar-refractivity contribution in [2.75, 3.05) is 32.8 Å². The normalized spacial score (nSPS) is 17.0. The van der Waals surface area contributed by atoms with Crippen molar-refractivity contribution >= 4 is 23.4 Å². The summed E-state index contributed by atoms with van der Waals surface area (Å²) in [6.07, 6.45) is 5.86. The Hall–Kier alpha value is -1.95. The second-order valence-corrected chi connectivity index (χ2v) is 7.43. The van der Waals surface area contributed by atoms with Crippen LogP contribution < -0.4 is 14.8 Å². The van der Waals surface area contributed by atoms with Crippen LogP contribution in [-0.4, -0.2) is 49.6 Å². The van der Waals surface area contributed by atoms with Gasteiger partial charge in [0.15, 0.2) is 11.5 Å². The summed E-state index contributed by atoms with van der Waals surface area (Å²) >= 11 is 6.26. The first kappa shape index (κ1) is 19.8. The van der Waals surface area contributed by atoms with E-state index in [0.29, 0.717) is 42.7 Å². The minimum atomic E-state index is -0.135. The standard InChI is InChI=1S/C20H27ClN2O4/c21-16-12-15(13-17-20(16)27-11-5-10-26-17)14-18(24)22-7-6-19(25)23-8-3-1-2-4-9-23/h12-13H,1-11,14H2,(H,22,24). The molecule has 2 heterocycles. The fourth-order valence-corrected chi connectivity index (χ4v) is 3.71. The van der Waals surface area contributed by atoms with Gasteiger partial charge in [-0.25, -0.2) is 0 Å². The molecule has 2 aliphatic heterocycles. The summed E-state index contributed by atoms with van der Waals surface area (Å²) in [4.78, 5) is 26.4. The largest absolute Gasteiger partial charge is 0.489 e. The van der Waals surface area contributed by atoms with E-state index in [9.17, 15) is 9.59 Å². The fraction of sp³-hybridized carbons (Fsp3) is 0.600. The molecule has 1 aromatic carbocycles. The Morgan fingerprint density at radius 3 is 2.56 bits per heavy atom. The highest BCUT2D eigenvalue weighted by Gasteiger charge is 2.18. The maximum absolute atomic E-state index is 12.3. The molecule has 27 heavy (non-hydrogen) atoms. The average Bonchev–Trinajstić information content (AvgIpc) is 3.04. The zero-order valence-electron chi connectivity index (χ0n) is 15.6. The van der Waals surface area contributed by atoms with Crippen LogP contribution in [-0.2, 0) is 16.0 Å². The second-order valence-electron chi connectivity index (χ2n) is 7.03. The second kappa shape index (κ2) is 9.83. The Morgan fingerprint density at radius 2 is 1.78 bits per heavy atom. The quantitative estimate of drug-likeness (QED) is 0.833. The van der Waals surface area contributed by atoms with Gasteiger partial charge in [0.1, 0.15) is 0 Å². The number of likely N-dealkylation sites (tertiary alicyclic amines) is 1. The lowest BCUT2D eigenvalue weighted by molar-refractivity contribution is -0.131. The van der Waals surface area contributed by atoms with Gasteiger partial charge in [-0.15, -0.1) is 0 Å². The highest BCUT2D eigenvalue weighted by atomic mass is 35.5. The van der Waals surface area contributed by atoms with Crippen molar-refractivity contribution in [1.29, 1.82) is 0 Å². The summed E-state index contributed by atoms with van der Waals surface area (Å²) in [5, 5.41) is 3.28. The molecule has 148 valence electrons. The molecule has 0 atom stereocenters. The third-order valence-corrected chi connectivity index (χ3v) is 5.13. The van der Waals surface area contributed by atoms with Gasteiger partial charge in [0.2, 0.25) is 11.8 Å². The number of rotatable bonds is 5. The maximum Gasteiger partial charge on any atom is 0.224 e. The third-order valence-electron chi connectivity index (χ3n) is 4.85. The number of benzene rings is 1. The summed E-state index contributed by atoms with van der Waals surface area (Å²) in [5.41, 5.74) is 0.764. The summed E-state index contributed by atoms with van der Waals surface area (Å²) in [6, 6.07) is 3.53. The van der Waals surface area contributed by atoms with Gasteiger partial charge in [0, 0.05) is 32.5 Å². The van der Waals surface area contributed by atoms with Gasteiger partial charge in [-0.2, -0.15) is 0 Å². The Morgan fingerprint density at radius 1 is 1.04 bits per heavy atom. The lowest BCUT2D eigenvalue weighted by Gasteiger charge is -2.20. The van der Waals surface area contributed by atoms with Crippen molar-refractivity contribution in [2.45, 2.75) is 44.9 Å². The molecule has 0 aromatic heterocycles. The van der Waals surface area contributed by atoms with Crippen LogP contribution in [0.15, 0.2) is 12.1 Å². The Kier molecular flexibility index (Phi) is 7.21. The molecule has 0 saturated carbocycles. The van der Waals surface area contributed by atoms with E-state index in [1.165, 1.54) is 12.8 Å². The average molecular weight is 395 g/mol. The van der Waals surface area contributed by atoms with Crippen molar-refractivity contribution in [3.05, 3.63) is 22.7 Å². The van der Waals surface area contributed by atoms with Crippen molar-refractivity contribution < 1.29 is 19.1 Å². The van der Waals surface area contributed by atoms with Crippen LogP contribution in [0.1, 0.15) is 44.1 Å². The van der Waals surface area contributed by atoms with E-state index in [1.54, 1.807) is 12.1 Å². The molecule has 6 nitrogen and oxygen atoms in total. The first-order valence-electron chi connectivity index (χ1n) is 9.76. The number of carbonyl (C=O) groups excluding carboxylic acids is 2. The van der Waals surface area contributed by atoms with Crippen molar-refractivity contribution in [3.8, 4) is 11.5 Å². The van der Waals surface area contributed by atoms with Crippen LogP contribution >= 0.6 is 11.6 Å². The van der Waals surface area contributed by atoms with E-state index in [-0.39, 0.29) is 18.2 Å². The van der Waals surface area contributed by atoms with E-state index >= 15 is 0 Å². The molecule has 7 heteroatoms. The van der Waals surface area contributed by atoms with E-state index in [4.69, 9.17) is 21.1 Å². The number of hydrogen-bond acceptors (Lipinski definition) is 4. The van der Waals surface area contributed by atoms with Crippen LogP contribution in [0.3, 0.4) is 0 Å². The minimum Gasteiger partial charge on any atom is -0.489 e. The molecule has 2 amide bonds. The summed E-state index contributed by atoms with van der Waals surface area (Å²) < 4.78 is 11.2. The van der Waals surface area contributed by atoms with Crippen LogP contribution in [0.2, 0.25) is 5.02 Å². The van der Waals surface area contributed by atoms with E-state index in [2.05, 4.69) is 5.32 Å². The lowest BCUT2D eigenvalue weighted by Crippen LogP contribution is -2.35. The van der Waals surface area contributed by atoms with Gasteiger partial charge < -0.3 is 19.7 Å². The van der Waals surface area contributed by atoms with Crippen molar-refractivity contribution in [2.24, 2.45) is 0 Å².